The molecule has 11 heteroatoms. The van der Waals surface area contributed by atoms with Gasteiger partial charge in [0.05, 0.1) is 18.7 Å². The van der Waals surface area contributed by atoms with Gasteiger partial charge in [-0.15, -0.1) is 0 Å². The molecule has 5 rings (SSSR count). The van der Waals surface area contributed by atoms with Crippen molar-refractivity contribution >= 4 is 29.0 Å². The average Bonchev–Trinajstić information content (AvgIpc) is 3.54. The molecule has 1 atom stereocenters. The van der Waals surface area contributed by atoms with Gasteiger partial charge in [0.2, 0.25) is 11.9 Å². The molecule has 37 heavy (non-hydrogen) atoms. The number of benzene rings is 2. The summed E-state index contributed by atoms with van der Waals surface area (Å²) < 4.78 is 46.6. The summed E-state index contributed by atoms with van der Waals surface area (Å²) in [5, 5.41) is 12.0. The van der Waals surface area contributed by atoms with E-state index in [1.807, 2.05) is 24.3 Å². The van der Waals surface area contributed by atoms with E-state index in [9.17, 15) is 18.0 Å². The first-order chi connectivity index (χ1) is 17.8. The van der Waals surface area contributed by atoms with Crippen LogP contribution >= 0.6 is 0 Å². The highest BCUT2D eigenvalue weighted by atomic mass is 19.4. The maximum absolute atomic E-state index is 13.7. The molecule has 2 aliphatic rings. The number of rotatable bonds is 7. The van der Waals surface area contributed by atoms with Crippen molar-refractivity contribution in [1.82, 2.24) is 15.3 Å². The number of hydrogen-bond acceptors (Lipinski definition) is 7. The van der Waals surface area contributed by atoms with E-state index in [1.54, 1.807) is 18.2 Å². The van der Waals surface area contributed by atoms with E-state index >= 15 is 0 Å². The summed E-state index contributed by atoms with van der Waals surface area (Å²) in [6.45, 7) is 1.44. The van der Waals surface area contributed by atoms with Crippen LogP contribution in [-0.2, 0) is 23.8 Å². The molecule has 1 amide bonds. The molecule has 1 aliphatic carbocycles. The van der Waals surface area contributed by atoms with E-state index in [4.69, 9.17) is 4.74 Å². The van der Waals surface area contributed by atoms with Crippen molar-refractivity contribution in [3.05, 3.63) is 65.4 Å². The third kappa shape index (κ3) is 5.61. The predicted octanol–water partition coefficient (Wildman–Crippen LogP) is 4.37. The van der Waals surface area contributed by atoms with Crippen LogP contribution in [0.15, 0.2) is 48.7 Å². The zero-order valence-electron chi connectivity index (χ0n) is 20.2. The lowest BCUT2D eigenvalue weighted by molar-refractivity contribution is -0.137. The van der Waals surface area contributed by atoms with Gasteiger partial charge < -0.3 is 26.0 Å². The summed E-state index contributed by atoms with van der Waals surface area (Å²) in [7, 11) is 1.46. The van der Waals surface area contributed by atoms with Gasteiger partial charge in [0.1, 0.15) is 17.1 Å². The van der Waals surface area contributed by atoms with Crippen LogP contribution in [0.4, 0.5) is 36.3 Å². The molecule has 1 fully saturated rings. The molecule has 4 N–H and O–H groups in total. The summed E-state index contributed by atoms with van der Waals surface area (Å²) in [6, 6.07) is 12.6. The molecular formula is C26H27F3N6O2. The Labute approximate surface area is 212 Å². The number of fused-ring (bicyclic) bond motifs is 1. The topological polar surface area (TPSA) is 100 Å². The van der Waals surface area contributed by atoms with E-state index in [0.29, 0.717) is 36.5 Å². The zero-order chi connectivity index (χ0) is 26.0. The first-order valence-electron chi connectivity index (χ1n) is 12.0. The summed E-state index contributed by atoms with van der Waals surface area (Å²) in [5.41, 5.74) is 2.29. The molecule has 1 aromatic heterocycles. The van der Waals surface area contributed by atoms with Crippen molar-refractivity contribution in [1.29, 1.82) is 0 Å². The first-order valence-corrected chi connectivity index (χ1v) is 12.0. The predicted molar refractivity (Wildman–Crippen MR) is 134 cm³/mol. The molecule has 2 heterocycles. The fourth-order valence-corrected chi connectivity index (χ4v) is 4.73. The number of ether oxygens (including phenoxy) is 1. The van der Waals surface area contributed by atoms with Gasteiger partial charge >= 0.3 is 6.18 Å². The summed E-state index contributed by atoms with van der Waals surface area (Å²) in [4.78, 5) is 20.5. The minimum atomic E-state index is -4.61. The van der Waals surface area contributed by atoms with Crippen molar-refractivity contribution in [2.45, 2.75) is 31.5 Å². The highest BCUT2D eigenvalue weighted by Crippen LogP contribution is 2.36. The first kappa shape index (κ1) is 24.8. The van der Waals surface area contributed by atoms with Crippen LogP contribution in [0, 0.1) is 5.92 Å². The summed E-state index contributed by atoms with van der Waals surface area (Å²) >= 11 is 0. The van der Waals surface area contributed by atoms with E-state index in [0.717, 1.165) is 30.3 Å². The number of nitrogens with zero attached hydrogens (tertiary/aromatic N) is 2. The molecule has 194 valence electrons. The number of hydrogen-bond donors (Lipinski definition) is 4. The Morgan fingerprint density at radius 3 is 2.54 bits per heavy atom. The second-order valence-electron chi connectivity index (χ2n) is 9.19. The van der Waals surface area contributed by atoms with Crippen molar-refractivity contribution in [3.63, 3.8) is 0 Å². The molecular weight excluding hydrogens is 485 g/mol. The molecule has 0 bridgehead atoms. The number of anilines is 4. The van der Waals surface area contributed by atoms with Crippen molar-refractivity contribution in [3.8, 4) is 5.75 Å². The summed E-state index contributed by atoms with van der Waals surface area (Å²) in [5.74, 6) is -0.0907. The summed E-state index contributed by atoms with van der Waals surface area (Å²) in [6.07, 6.45) is -1.84. The molecule has 0 saturated carbocycles. The lowest BCUT2D eigenvalue weighted by Gasteiger charge is -2.19. The van der Waals surface area contributed by atoms with Crippen LogP contribution < -0.4 is 26.0 Å². The Morgan fingerprint density at radius 1 is 1.14 bits per heavy atom. The van der Waals surface area contributed by atoms with Gasteiger partial charge in [0, 0.05) is 30.5 Å². The molecule has 1 saturated heterocycles. The van der Waals surface area contributed by atoms with Gasteiger partial charge in [-0.05, 0) is 49.1 Å². The Morgan fingerprint density at radius 2 is 1.89 bits per heavy atom. The van der Waals surface area contributed by atoms with Gasteiger partial charge in [0.15, 0.2) is 0 Å². The zero-order valence-corrected chi connectivity index (χ0v) is 20.2. The van der Waals surface area contributed by atoms with E-state index in [-0.39, 0.29) is 29.6 Å². The largest absolute Gasteiger partial charge is 0.494 e. The number of alkyl halides is 3. The third-order valence-corrected chi connectivity index (χ3v) is 6.63. The van der Waals surface area contributed by atoms with Crippen LogP contribution in [0.3, 0.4) is 0 Å². The normalized spacial score (nSPS) is 17.4. The maximum atomic E-state index is 13.7. The quantitative estimate of drug-likeness (QED) is 0.373. The van der Waals surface area contributed by atoms with E-state index in [1.165, 1.54) is 7.11 Å². The smallest absolute Gasteiger partial charge is 0.421 e. The highest BCUT2D eigenvalue weighted by molar-refractivity contribution is 5.93. The van der Waals surface area contributed by atoms with Crippen LogP contribution in [0.5, 0.6) is 5.75 Å². The van der Waals surface area contributed by atoms with Crippen LogP contribution in [0.1, 0.15) is 23.1 Å². The fourth-order valence-electron chi connectivity index (χ4n) is 4.73. The average molecular weight is 513 g/mol. The molecule has 3 aromatic rings. The second-order valence-corrected chi connectivity index (χ2v) is 9.19. The molecule has 1 unspecified atom stereocenters. The lowest BCUT2D eigenvalue weighted by atomic mass is 10.1. The fraction of sp³-hybridized carbons (Fsp3) is 0.346. The minimum absolute atomic E-state index is 0.0156. The number of carbonyl (C=O) groups excluding carboxylic acids is 1. The van der Waals surface area contributed by atoms with Gasteiger partial charge in [-0.2, -0.15) is 18.2 Å². The lowest BCUT2D eigenvalue weighted by Crippen LogP contribution is -2.24. The van der Waals surface area contributed by atoms with Gasteiger partial charge in [-0.25, -0.2) is 4.98 Å². The Kier molecular flexibility index (Phi) is 6.88. The van der Waals surface area contributed by atoms with Crippen molar-refractivity contribution in [2.24, 2.45) is 5.92 Å². The molecule has 8 nitrogen and oxygen atoms in total. The van der Waals surface area contributed by atoms with Gasteiger partial charge in [-0.3, -0.25) is 4.79 Å². The van der Waals surface area contributed by atoms with Crippen LogP contribution in [0.2, 0.25) is 0 Å². The number of halogens is 3. The Balaban J connectivity index is 1.34. The number of carbonyl (C=O) groups is 1. The minimum Gasteiger partial charge on any atom is -0.494 e. The van der Waals surface area contributed by atoms with Crippen LogP contribution in [-0.4, -0.2) is 42.1 Å². The number of aromatic nitrogens is 2. The SMILES string of the molecule is COc1cc(NC(=O)C2CCNC2)ccc1Nc1ncc(C(F)(F)F)c(NC2Cc3ccccc3C2)n1. The van der Waals surface area contributed by atoms with Crippen molar-refractivity contribution < 1.29 is 22.7 Å². The molecule has 2 aromatic carbocycles. The van der Waals surface area contributed by atoms with E-state index in [2.05, 4.69) is 31.2 Å². The molecule has 0 spiro atoms. The van der Waals surface area contributed by atoms with E-state index < -0.39 is 11.7 Å². The molecule has 0 radical (unpaired) electrons. The number of nitrogens with one attached hydrogen (secondary N) is 4. The van der Waals surface area contributed by atoms with Crippen molar-refractivity contribution in [2.75, 3.05) is 36.1 Å². The monoisotopic (exact) mass is 512 g/mol. The number of amides is 1. The highest BCUT2D eigenvalue weighted by Gasteiger charge is 2.36. The molecule has 1 aliphatic heterocycles. The van der Waals surface area contributed by atoms with Gasteiger partial charge in [-0.1, -0.05) is 24.3 Å². The maximum Gasteiger partial charge on any atom is 0.421 e. The number of methoxy groups -OCH3 is 1. The van der Waals surface area contributed by atoms with Crippen LogP contribution in [0.25, 0.3) is 0 Å². The standard InChI is InChI=1S/C26H27F3N6O2/c1-37-22-12-18(33-24(36)17-8-9-30-13-17)6-7-21(22)34-25-31-14-20(26(27,28)29)23(35-25)32-19-10-15-4-2-3-5-16(15)11-19/h2-7,12,14,17,19,30H,8-11,13H2,1H3,(H,33,36)(H2,31,32,34,35). The van der Waals surface area contributed by atoms with Gasteiger partial charge in [0.25, 0.3) is 0 Å². The Hall–Kier alpha value is -3.86. The second kappa shape index (κ2) is 10.3. The Bertz CT molecular complexity index is 1270. The third-order valence-electron chi connectivity index (χ3n) is 6.63.